The molecular formula is C30H39N3O5. The highest BCUT2D eigenvalue weighted by molar-refractivity contribution is 5.78. The lowest BCUT2D eigenvalue weighted by atomic mass is 10.00. The lowest BCUT2D eigenvalue weighted by Gasteiger charge is -2.24. The van der Waals surface area contributed by atoms with Crippen LogP contribution in [0.1, 0.15) is 59.9 Å². The van der Waals surface area contributed by atoms with Crippen molar-refractivity contribution in [1.82, 2.24) is 15.4 Å². The molecule has 1 amide bonds. The van der Waals surface area contributed by atoms with Gasteiger partial charge in [-0.15, -0.1) is 0 Å². The summed E-state index contributed by atoms with van der Waals surface area (Å²) in [5.41, 5.74) is 5.10. The Hall–Kier alpha value is -3.52. The van der Waals surface area contributed by atoms with Crippen LogP contribution in [-0.4, -0.2) is 49.4 Å². The number of hydrogen-bond donors (Lipinski definition) is 1. The third kappa shape index (κ3) is 7.07. The molecule has 3 aromatic rings. The van der Waals surface area contributed by atoms with Gasteiger partial charge in [0, 0.05) is 37.2 Å². The summed E-state index contributed by atoms with van der Waals surface area (Å²) in [6.45, 7) is 9.13. The lowest BCUT2D eigenvalue weighted by molar-refractivity contribution is -0.122. The van der Waals surface area contributed by atoms with Gasteiger partial charge in [0.15, 0.2) is 11.5 Å². The zero-order valence-electron chi connectivity index (χ0n) is 23.0. The number of rotatable bonds is 7. The van der Waals surface area contributed by atoms with Crippen molar-refractivity contribution in [3.63, 3.8) is 0 Å². The van der Waals surface area contributed by atoms with Crippen LogP contribution in [0.2, 0.25) is 0 Å². The highest BCUT2D eigenvalue weighted by Crippen LogP contribution is 2.33. The quantitative estimate of drug-likeness (QED) is 0.470. The minimum absolute atomic E-state index is 0.0251. The molecular weight excluding hydrogens is 482 g/mol. The van der Waals surface area contributed by atoms with Gasteiger partial charge in [-0.25, -0.2) is 0 Å². The van der Waals surface area contributed by atoms with Gasteiger partial charge in [-0.3, -0.25) is 9.69 Å². The summed E-state index contributed by atoms with van der Waals surface area (Å²) in [6.07, 6.45) is 3.51. The Bertz CT molecular complexity index is 1200. The molecule has 38 heavy (non-hydrogen) atoms. The van der Waals surface area contributed by atoms with Crippen LogP contribution in [0.25, 0.3) is 0 Å². The minimum Gasteiger partial charge on any atom is -0.496 e. The molecule has 0 atom stereocenters. The molecule has 1 aromatic heterocycles. The van der Waals surface area contributed by atoms with Crippen molar-refractivity contribution >= 4 is 5.91 Å². The van der Waals surface area contributed by atoms with Gasteiger partial charge in [0.1, 0.15) is 11.5 Å². The van der Waals surface area contributed by atoms with Crippen LogP contribution in [0.5, 0.6) is 17.2 Å². The fraction of sp³-hybridized carbons (Fsp3) is 0.467. The van der Waals surface area contributed by atoms with E-state index in [1.807, 2.05) is 39.0 Å². The number of para-hydroxylation sites is 1. The summed E-state index contributed by atoms with van der Waals surface area (Å²) in [5.74, 6) is 3.17. The van der Waals surface area contributed by atoms with E-state index in [9.17, 15) is 4.79 Å². The first kappa shape index (κ1) is 27.5. The summed E-state index contributed by atoms with van der Waals surface area (Å²) in [5, 5.41) is 7.18. The van der Waals surface area contributed by atoms with Gasteiger partial charge in [0.25, 0.3) is 0 Å². The number of ether oxygens (including phenoxy) is 3. The summed E-state index contributed by atoms with van der Waals surface area (Å²) in [7, 11) is 1.68. The van der Waals surface area contributed by atoms with Crippen LogP contribution in [0.3, 0.4) is 0 Å². The molecule has 0 bridgehead atoms. The van der Waals surface area contributed by atoms with Gasteiger partial charge in [0.05, 0.1) is 32.6 Å². The number of hydrogen-bond acceptors (Lipinski definition) is 7. The van der Waals surface area contributed by atoms with Crippen molar-refractivity contribution in [2.75, 3.05) is 33.4 Å². The number of fused-ring (bicyclic) bond motifs is 1. The van der Waals surface area contributed by atoms with Gasteiger partial charge in [-0.05, 0) is 63.3 Å². The number of carbonyl (C=O) groups excluding carboxylic acids is 1. The maximum Gasteiger partial charge on any atom is 0.234 e. The van der Waals surface area contributed by atoms with Crippen LogP contribution >= 0.6 is 0 Å². The van der Waals surface area contributed by atoms with Gasteiger partial charge in [-0.1, -0.05) is 29.4 Å². The highest BCUT2D eigenvalue weighted by atomic mass is 16.5. The second-order valence-electron chi connectivity index (χ2n) is 9.71. The average molecular weight is 522 g/mol. The summed E-state index contributed by atoms with van der Waals surface area (Å²) >= 11 is 0. The SMILES string of the molecule is CCOc1cccc2c1OCCCCCNC(=O)CN(Cc1ccc(OC)c(Cc3c(C)noc3C)c1)C2. The Morgan fingerprint density at radius 2 is 1.95 bits per heavy atom. The van der Waals surface area contributed by atoms with Crippen LogP contribution in [-0.2, 0) is 24.3 Å². The van der Waals surface area contributed by atoms with Crippen molar-refractivity contribution in [2.24, 2.45) is 0 Å². The molecule has 1 N–H and O–H groups in total. The maximum absolute atomic E-state index is 12.9. The number of aryl methyl sites for hydroxylation is 2. The van der Waals surface area contributed by atoms with Gasteiger partial charge in [0.2, 0.25) is 5.91 Å². The largest absolute Gasteiger partial charge is 0.496 e. The number of benzene rings is 2. The van der Waals surface area contributed by atoms with Gasteiger partial charge in [-0.2, -0.15) is 0 Å². The molecule has 8 heteroatoms. The fourth-order valence-electron chi connectivity index (χ4n) is 4.86. The van der Waals surface area contributed by atoms with Crippen molar-refractivity contribution in [1.29, 1.82) is 0 Å². The van der Waals surface area contributed by atoms with Crippen LogP contribution in [0.15, 0.2) is 40.9 Å². The molecule has 1 aliphatic rings. The zero-order chi connectivity index (χ0) is 26.9. The normalized spacial score (nSPS) is 15.3. The fourth-order valence-corrected chi connectivity index (χ4v) is 4.86. The van der Waals surface area contributed by atoms with Gasteiger partial charge >= 0.3 is 0 Å². The van der Waals surface area contributed by atoms with E-state index in [4.69, 9.17) is 18.7 Å². The van der Waals surface area contributed by atoms with E-state index < -0.39 is 0 Å². The smallest absolute Gasteiger partial charge is 0.234 e. The molecule has 0 saturated heterocycles. The number of nitrogens with zero attached hydrogens (tertiary/aromatic N) is 2. The van der Waals surface area contributed by atoms with Crippen LogP contribution in [0, 0.1) is 13.8 Å². The first-order valence-electron chi connectivity index (χ1n) is 13.4. The Kier molecular flexibility index (Phi) is 9.65. The highest BCUT2D eigenvalue weighted by Gasteiger charge is 2.19. The number of methoxy groups -OCH3 is 1. The summed E-state index contributed by atoms with van der Waals surface area (Å²) < 4.78 is 23.2. The van der Waals surface area contributed by atoms with Gasteiger partial charge < -0.3 is 24.1 Å². The molecule has 0 aliphatic carbocycles. The molecule has 0 spiro atoms. The molecule has 2 heterocycles. The Labute approximate surface area is 225 Å². The molecule has 0 radical (unpaired) electrons. The first-order chi connectivity index (χ1) is 18.5. The molecule has 0 fully saturated rings. The second kappa shape index (κ2) is 13.3. The standard InChI is InChI=1S/C30H39N3O5/c1-5-36-28-11-9-10-24-19-33(20-29(34)31-14-7-6-8-15-37-30(24)28)18-23-12-13-27(35-4)25(16-23)17-26-21(2)32-38-22(26)3/h9-13,16H,5-8,14-15,17-20H2,1-4H3,(H,31,34). The third-order valence-electron chi connectivity index (χ3n) is 6.81. The molecule has 4 rings (SSSR count). The van der Waals surface area contributed by atoms with Crippen molar-refractivity contribution in [3.05, 3.63) is 70.1 Å². The Morgan fingerprint density at radius 3 is 2.71 bits per heavy atom. The van der Waals surface area contributed by atoms with Crippen molar-refractivity contribution < 1.29 is 23.5 Å². The third-order valence-corrected chi connectivity index (χ3v) is 6.81. The lowest BCUT2D eigenvalue weighted by Crippen LogP contribution is -2.37. The van der Waals surface area contributed by atoms with E-state index in [0.29, 0.717) is 39.3 Å². The van der Waals surface area contributed by atoms with E-state index in [0.717, 1.165) is 70.2 Å². The Morgan fingerprint density at radius 1 is 1.08 bits per heavy atom. The summed E-state index contributed by atoms with van der Waals surface area (Å²) in [4.78, 5) is 15.0. The zero-order valence-corrected chi connectivity index (χ0v) is 23.0. The van der Waals surface area contributed by atoms with E-state index in [1.54, 1.807) is 7.11 Å². The van der Waals surface area contributed by atoms with Crippen molar-refractivity contribution in [3.8, 4) is 17.2 Å². The Balaban J connectivity index is 1.63. The molecule has 204 valence electrons. The maximum atomic E-state index is 12.9. The van der Waals surface area contributed by atoms with E-state index in [-0.39, 0.29) is 12.5 Å². The number of carbonyl (C=O) groups is 1. The number of aromatic nitrogens is 1. The minimum atomic E-state index is 0.0251. The number of nitrogens with one attached hydrogen (secondary N) is 1. The molecule has 2 aromatic carbocycles. The molecule has 0 unspecified atom stereocenters. The monoisotopic (exact) mass is 521 g/mol. The van der Waals surface area contributed by atoms with E-state index >= 15 is 0 Å². The number of amides is 1. The molecule has 8 nitrogen and oxygen atoms in total. The predicted molar refractivity (Wildman–Crippen MR) is 146 cm³/mol. The van der Waals surface area contributed by atoms with Crippen molar-refractivity contribution in [2.45, 2.75) is 59.5 Å². The topological polar surface area (TPSA) is 86.1 Å². The first-order valence-corrected chi connectivity index (χ1v) is 13.4. The van der Waals surface area contributed by atoms with Crippen LogP contribution in [0.4, 0.5) is 0 Å². The average Bonchev–Trinajstić information content (AvgIpc) is 3.22. The van der Waals surface area contributed by atoms with E-state index in [2.05, 4.69) is 33.6 Å². The van der Waals surface area contributed by atoms with E-state index in [1.165, 1.54) is 0 Å². The second-order valence-corrected chi connectivity index (χ2v) is 9.71. The predicted octanol–water partition coefficient (Wildman–Crippen LogP) is 4.97. The van der Waals surface area contributed by atoms with Crippen LogP contribution < -0.4 is 19.5 Å². The summed E-state index contributed by atoms with van der Waals surface area (Å²) in [6, 6.07) is 12.2. The molecule has 0 saturated carbocycles. The molecule has 1 aliphatic heterocycles.